The van der Waals surface area contributed by atoms with Crippen LogP contribution < -0.4 is 10.6 Å². The highest BCUT2D eigenvalue weighted by Gasteiger charge is 2.27. The number of rotatable bonds is 9. The van der Waals surface area contributed by atoms with Gasteiger partial charge in [0.25, 0.3) is 0 Å². The van der Waals surface area contributed by atoms with Crippen LogP contribution in [0.1, 0.15) is 62.5 Å². The van der Waals surface area contributed by atoms with E-state index in [0.29, 0.717) is 29.7 Å². The van der Waals surface area contributed by atoms with Crippen LogP contribution in [0.4, 0.5) is 10.1 Å². The summed E-state index contributed by atoms with van der Waals surface area (Å²) < 4.78 is 21.6. The first-order valence-electron chi connectivity index (χ1n) is 15.0. The van der Waals surface area contributed by atoms with E-state index in [4.69, 9.17) is 16.3 Å². The zero-order chi connectivity index (χ0) is 33.7. The molecular formula is C32H34ClFN8O5. The highest BCUT2D eigenvalue weighted by molar-refractivity contribution is 6.31. The topological polar surface area (TPSA) is 164 Å². The van der Waals surface area contributed by atoms with Gasteiger partial charge in [-0.25, -0.2) is 9.18 Å². The van der Waals surface area contributed by atoms with Gasteiger partial charge in [0.2, 0.25) is 17.7 Å². The molecule has 2 aromatic carbocycles. The second kappa shape index (κ2) is 14.1. The van der Waals surface area contributed by atoms with Crippen LogP contribution in [0.25, 0.3) is 22.7 Å². The van der Waals surface area contributed by atoms with Crippen molar-refractivity contribution in [2.24, 2.45) is 0 Å². The number of H-pyrrole nitrogens is 1. The largest absolute Gasteiger partial charge is 0.455 e. The van der Waals surface area contributed by atoms with E-state index in [0.717, 1.165) is 25.3 Å². The molecule has 1 saturated heterocycles. The van der Waals surface area contributed by atoms with Crippen LogP contribution in [0.3, 0.4) is 0 Å². The summed E-state index contributed by atoms with van der Waals surface area (Å²) >= 11 is 5.98. The number of carbonyl (C=O) groups is 4. The Morgan fingerprint density at radius 3 is 2.57 bits per heavy atom. The summed E-state index contributed by atoms with van der Waals surface area (Å²) in [5.74, 6) is -2.98. The number of fused-ring (bicyclic) bond motifs is 1. The summed E-state index contributed by atoms with van der Waals surface area (Å²) in [6, 6.07) is 8.15. The zero-order valence-electron chi connectivity index (χ0n) is 26.0. The first kappa shape index (κ1) is 33.3. The number of benzene rings is 2. The van der Waals surface area contributed by atoms with Crippen molar-refractivity contribution in [2.75, 3.05) is 18.4 Å². The third-order valence-electron chi connectivity index (χ3n) is 7.33. The summed E-state index contributed by atoms with van der Waals surface area (Å²) in [6.45, 7) is 6.45. The van der Waals surface area contributed by atoms with Crippen molar-refractivity contribution in [2.45, 2.75) is 58.1 Å². The number of carbonyl (C=O) groups excluding carboxylic acids is 4. The fourth-order valence-corrected chi connectivity index (χ4v) is 5.27. The van der Waals surface area contributed by atoms with Gasteiger partial charge >= 0.3 is 5.97 Å². The summed E-state index contributed by atoms with van der Waals surface area (Å²) in [5.41, 5.74) is 0.772. The number of piperidine rings is 1. The Bertz CT molecular complexity index is 1830. The molecule has 246 valence electrons. The number of esters is 1. The number of amides is 3. The summed E-state index contributed by atoms with van der Waals surface area (Å²) in [5, 5.41) is 16.7. The van der Waals surface area contributed by atoms with Gasteiger partial charge in [0.05, 0.1) is 17.1 Å². The highest BCUT2D eigenvalue weighted by Crippen LogP contribution is 2.26. The lowest BCUT2D eigenvalue weighted by atomic mass is 10.1. The first-order chi connectivity index (χ1) is 22.4. The normalized spacial score (nSPS) is 14.3. The van der Waals surface area contributed by atoms with E-state index in [1.54, 1.807) is 49.9 Å². The number of anilines is 1. The Morgan fingerprint density at radius 1 is 1.11 bits per heavy atom. The molecule has 5 rings (SSSR count). The van der Waals surface area contributed by atoms with E-state index in [2.05, 4.69) is 31.1 Å². The van der Waals surface area contributed by atoms with Crippen molar-refractivity contribution in [1.29, 1.82) is 0 Å². The quantitative estimate of drug-likeness (QED) is 0.175. The molecule has 0 saturated carbocycles. The van der Waals surface area contributed by atoms with Gasteiger partial charge in [0.1, 0.15) is 23.7 Å². The Morgan fingerprint density at radius 2 is 1.87 bits per heavy atom. The van der Waals surface area contributed by atoms with E-state index in [1.165, 1.54) is 29.2 Å². The predicted molar refractivity (Wildman–Crippen MR) is 172 cm³/mol. The van der Waals surface area contributed by atoms with Crippen molar-refractivity contribution in [3.8, 4) is 5.69 Å². The molecule has 0 spiro atoms. The molecule has 0 radical (unpaired) electrons. The smallest absolute Gasteiger partial charge is 0.355 e. The number of aromatic amines is 1. The molecule has 1 atom stereocenters. The number of nitrogens with zero attached hydrogens (tertiary/aromatic N) is 5. The van der Waals surface area contributed by atoms with Crippen LogP contribution >= 0.6 is 11.6 Å². The molecule has 1 aliphatic rings. The van der Waals surface area contributed by atoms with Crippen molar-refractivity contribution in [1.82, 2.24) is 35.4 Å². The van der Waals surface area contributed by atoms with Gasteiger partial charge in [-0.2, -0.15) is 4.68 Å². The minimum atomic E-state index is -1.26. The van der Waals surface area contributed by atoms with Crippen molar-refractivity contribution in [3.05, 3.63) is 70.9 Å². The molecule has 1 fully saturated rings. The Balaban J connectivity index is 1.35. The second-order valence-corrected chi connectivity index (χ2v) is 12.5. The molecule has 3 N–H and O–H groups in total. The number of nitrogens with one attached hydrogen (secondary N) is 3. The third kappa shape index (κ3) is 8.38. The molecular weight excluding hydrogens is 631 g/mol. The van der Waals surface area contributed by atoms with Crippen LogP contribution in [0, 0.1) is 5.82 Å². The molecule has 1 aliphatic heterocycles. The molecule has 4 aromatic rings. The maximum atomic E-state index is 15.0. The Hall–Kier alpha value is -5.11. The average Bonchev–Trinajstić information content (AvgIpc) is 3.71. The third-order valence-corrected chi connectivity index (χ3v) is 7.63. The van der Waals surface area contributed by atoms with Crippen molar-refractivity contribution < 1.29 is 28.3 Å². The summed E-state index contributed by atoms with van der Waals surface area (Å²) in [7, 11) is 0. The fraction of sp³-hybridized carbons (Fsp3) is 0.344. The van der Waals surface area contributed by atoms with Gasteiger partial charge < -0.3 is 25.3 Å². The molecule has 47 heavy (non-hydrogen) atoms. The van der Waals surface area contributed by atoms with Gasteiger partial charge in [-0.15, -0.1) is 5.10 Å². The van der Waals surface area contributed by atoms with Gasteiger partial charge in [0.15, 0.2) is 5.82 Å². The van der Waals surface area contributed by atoms with E-state index < -0.39 is 35.2 Å². The van der Waals surface area contributed by atoms with Gasteiger partial charge in [-0.05, 0) is 92.9 Å². The minimum Gasteiger partial charge on any atom is -0.455 e. The predicted octanol–water partition coefficient (Wildman–Crippen LogP) is 4.43. The Kier molecular flexibility index (Phi) is 9.99. The van der Waals surface area contributed by atoms with Crippen molar-refractivity contribution >= 4 is 58.0 Å². The minimum absolute atomic E-state index is 0.0594. The number of halogens is 2. The highest BCUT2D eigenvalue weighted by atomic mass is 35.5. The molecule has 0 aliphatic carbocycles. The number of likely N-dealkylation sites (tertiary alicyclic amines) is 1. The SMILES string of the molecule is CC(C)(C)OC(=O)c1cc2cc(NC(=O)C(CC(=O)N3CCCCC3)NC(=O)C=Cc3c(-n4cnnn4)ccc(Cl)c3F)ccc2[nH]1. The molecule has 1 unspecified atom stereocenters. The average molecular weight is 665 g/mol. The maximum Gasteiger partial charge on any atom is 0.355 e. The van der Waals surface area contributed by atoms with Gasteiger partial charge in [-0.3, -0.25) is 14.4 Å². The maximum absolute atomic E-state index is 15.0. The van der Waals surface area contributed by atoms with E-state index >= 15 is 4.39 Å². The van der Waals surface area contributed by atoms with E-state index in [9.17, 15) is 19.2 Å². The molecule has 3 heterocycles. The summed E-state index contributed by atoms with van der Waals surface area (Å²) in [4.78, 5) is 57.1. The molecule has 13 nitrogen and oxygen atoms in total. The van der Waals surface area contributed by atoms with E-state index in [1.807, 2.05) is 0 Å². The van der Waals surface area contributed by atoms with Gasteiger partial charge in [0, 0.05) is 41.3 Å². The molecule has 2 aromatic heterocycles. The van der Waals surface area contributed by atoms with E-state index in [-0.39, 0.29) is 34.3 Å². The second-order valence-electron chi connectivity index (χ2n) is 12.1. The number of hydrogen-bond donors (Lipinski definition) is 3. The van der Waals surface area contributed by atoms with Crippen molar-refractivity contribution in [3.63, 3.8) is 0 Å². The fourth-order valence-electron chi connectivity index (χ4n) is 5.10. The number of aromatic nitrogens is 5. The van der Waals surface area contributed by atoms with Crippen LogP contribution in [0.2, 0.25) is 5.02 Å². The Labute approximate surface area is 274 Å². The standard InChI is InChI=1S/C32H34ClFN8O5/c1-32(2,3)47-31(46)25-16-19-15-20(7-10-23(19)37-25)36-30(45)24(17-28(44)41-13-5-4-6-14-41)38-27(43)12-8-21-26(42-18-35-39-40-42)11-9-22(33)29(21)34/h7-12,15-16,18,24,37H,4-6,13-14,17H2,1-3H3,(H,36,45)(H,38,43). The first-order valence-corrected chi connectivity index (χ1v) is 15.4. The lowest BCUT2D eigenvalue weighted by Gasteiger charge is -2.28. The lowest BCUT2D eigenvalue weighted by Crippen LogP contribution is -2.47. The molecule has 15 heteroatoms. The molecule has 0 bridgehead atoms. The monoisotopic (exact) mass is 664 g/mol. The van der Waals surface area contributed by atoms with Crippen LogP contribution in [-0.4, -0.2) is 78.5 Å². The molecule has 3 amide bonds. The van der Waals surface area contributed by atoms with Crippen LogP contribution in [0.15, 0.2) is 48.8 Å². The number of ether oxygens (including phenoxy) is 1. The van der Waals surface area contributed by atoms with Gasteiger partial charge in [-0.1, -0.05) is 11.6 Å². The summed E-state index contributed by atoms with van der Waals surface area (Å²) in [6.07, 6.45) is 5.93. The number of hydrogen-bond acceptors (Lipinski definition) is 8. The van der Waals surface area contributed by atoms with Crippen LogP contribution in [0.5, 0.6) is 0 Å². The lowest BCUT2D eigenvalue weighted by molar-refractivity contribution is -0.135. The van der Waals surface area contributed by atoms with Crippen LogP contribution in [-0.2, 0) is 19.1 Å². The number of tetrazole rings is 1. The zero-order valence-corrected chi connectivity index (χ0v) is 26.8.